The minimum Gasteiger partial charge on any atom is -0.298 e. The Bertz CT molecular complexity index is 281. The van der Waals surface area contributed by atoms with Crippen molar-refractivity contribution < 1.29 is 4.84 Å². The van der Waals surface area contributed by atoms with Crippen LogP contribution in [0.25, 0.3) is 0 Å². The van der Waals surface area contributed by atoms with E-state index in [1.54, 1.807) is 11.3 Å². The number of aromatic nitrogens is 1. The highest BCUT2D eigenvalue weighted by Crippen LogP contribution is 2.20. The molecule has 0 saturated heterocycles. The van der Waals surface area contributed by atoms with Crippen molar-refractivity contribution in [3.05, 3.63) is 16.1 Å². The molecule has 0 atom stereocenters. The van der Waals surface area contributed by atoms with Gasteiger partial charge in [0.25, 0.3) is 0 Å². The summed E-state index contributed by atoms with van der Waals surface area (Å²) in [4.78, 5) is 11.0. The Hall–Kier alpha value is -0.450. The maximum Gasteiger partial charge on any atom is 0.0897 e. The quantitative estimate of drug-likeness (QED) is 0.778. The first-order chi connectivity index (χ1) is 6.84. The van der Waals surface area contributed by atoms with Crippen molar-refractivity contribution in [2.75, 3.05) is 0 Å². The van der Waals surface area contributed by atoms with E-state index in [9.17, 15) is 0 Å². The highest BCUT2D eigenvalue weighted by molar-refractivity contribution is 7.11. The second kappa shape index (κ2) is 4.87. The van der Waals surface area contributed by atoms with E-state index >= 15 is 0 Å². The van der Waals surface area contributed by atoms with Crippen LogP contribution in [0.1, 0.15) is 35.6 Å². The van der Waals surface area contributed by atoms with Gasteiger partial charge in [0.15, 0.2) is 0 Å². The Morgan fingerprint density at radius 3 is 3.00 bits per heavy atom. The molecule has 0 radical (unpaired) electrons. The molecule has 0 aliphatic heterocycles. The van der Waals surface area contributed by atoms with E-state index in [0.29, 0.717) is 6.10 Å². The van der Waals surface area contributed by atoms with Crippen molar-refractivity contribution in [1.29, 1.82) is 0 Å². The van der Waals surface area contributed by atoms with Crippen molar-refractivity contribution in [3.63, 3.8) is 0 Å². The van der Waals surface area contributed by atoms with Gasteiger partial charge >= 0.3 is 0 Å². The van der Waals surface area contributed by atoms with Crippen LogP contribution < -0.4 is 5.48 Å². The Kier molecular flexibility index (Phi) is 3.50. The molecule has 2 rings (SSSR count). The fourth-order valence-electron chi connectivity index (χ4n) is 1.72. The van der Waals surface area contributed by atoms with E-state index in [0.717, 1.165) is 11.6 Å². The van der Waals surface area contributed by atoms with E-state index in [2.05, 4.69) is 10.5 Å². The number of hydrogen-bond donors (Lipinski definition) is 1. The van der Waals surface area contributed by atoms with Crippen molar-refractivity contribution >= 4 is 11.3 Å². The zero-order chi connectivity index (χ0) is 9.80. The predicted molar refractivity (Wildman–Crippen MR) is 57.0 cm³/mol. The lowest BCUT2D eigenvalue weighted by molar-refractivity contribution is -0.0240. The van der Waals surface area contributed by atoms with Gasteiger partial charge < -0.3 is 0 Å². The summed E-state index contributed by atoms with van der Waals surface area (Å²) in [5.74, 6) is 0. The predicted octanol–water partition coefficient (Wildman–Crippen LogP) is 2.42. The average molecular weight is 212 g/mol. The van der Waals surface area contributed by atoms with Gasteiger partial charge in [0.1, 0.15) is 0 Å². The Morgan fingerprint density at radius 2 is 2.36 bits per heavy atom. The molecule has 1 fully saturated rings. The van der Waals surface area contributed by atoms with E-state index in [1.165, 1.54) is 30.6 Å². The molecule has 1 aromatic heterocycles. The number of nitrogens with zero attached hydrogens (tertiary/aromatic N) is 1. The lowest BCUT2D eigenvalue weighted by atomic mass is 10.3. The normalized spacial score (nSPS) is 17.8. The fraction of sp³-hybridized carbons (Fsp3) is 0.700. The number of thiazole rings is 1. The molecule has 1 saturated carbocycles. The highest BCUT2D eigenvalue weighted by Gasteiger charge is 2.15. The lowest BCUT2D eigenvalue weighted by Gasteiger charge is -2.10. The molecule has 3 nitrogen and oxygen atoms in total. The van der Waals surface area contributed by atoms with Gasteiger partial charge in [-0.15, -0.1) is 11.3 Å². The molecule has 0 aromatic carbocycles. The summed E-state index contributed by atoms with van der Waals surface area (Å²) < 4.78 is 0. The van der Waals surface area contributed by atoms with Gasteiger partial charge in [0.05, 0.1) is 17.7 Å². The first kappa shape index (κ1) is 10.1. The van der Waals surface area contributed by atoms with E-state index < -0.39 is 0 Å². The van der Waals surface area contributed by atoms with E-state index in [-0.39, 0.29) is 0 Å². The maximum atomic E-state index is 5.55. The van der Waals surface area contributed by atoms with Gasteiger partial charge in [0, 0.05) is 11.1 Å². The van der Waals surface area contributed by atoms with Crippen molar-refractivity contribution in [2.24, 2.45) is 0 Å². The van der Waals surface area contributed by atoms with Crippen molar-refractivity contribution in [1.82, 2.24) is 10.5 Å². The molecule has 0 bridgehead atoms. The highest BCUT2D eigenvalue weighted by atomic mass is 32.1. The molecule has 0 unspecified atom stereocenters. The van der Waals surface area contributed by atoms with Gasteiger partial charge in [-0.25, -0.2) is 4.98 Å². The van der Waals surface area contributed by atoms with Gasteiger partial charge in [-0.2, -0.15) is 5.48 Å². The number of aryl methyl sites for hydroxylation is 1. The van der Waals surface area contributed by atoms with E-state index in [1.807, 2.05) is 13.1 Å². The van der Waals surface area contributed by atoms with Crippen molar-refractivity contribution in [2.45, 2.75) is 45.3 Å². The van der Waals surface area contributed by atoms with Crippen molar-refractivity contribution in [3.8, 4) is 0 Å². The zero-order valence-corrected chi connectivity index (χ0v) is 9.27. The molecular weight excluding hydrogens is 196 g/mol. The van der Waals surface area contributed by atoms with Crippen LogP contribution in [0.15, 0.2) is 6.20 Å². The summed E-state index contributed by atoms with van der Waals surface area (Å²) in [6.07, 6.45) is 7.37. The maximum absolute atomic E-state index is 5.55. The molecule has 1 aliphatic rings. The Morgan fingerprint density at radius 1 is 1.57 bits per heavy atom. The average Bonchev–Trinajstić information content (AvgIpc) is 2.77. The summed E-state index contributed by atoms with van der Waals surface area (Å²) in [5.41, 5.74) is 3.03. The molecular formula is C10H16N2OS. The molecule has 1 aromatic rings. The number of hydrogen-bond acceptors (Lipinski definition) is 4. The van der Waals surface area contributed by atoms with Crippen LogP contribution in [0.4, 0.5) is 0 Å². The van der Waals surface area contributed by atoms with Crippen LogP contribution in [0.2, 0.25) is 0 Å². The monoisotopic (exact) mass is 212 g/mol. The third-order valence-corrected chi connectivity index (χ3v) is 3.38. The second-order valence-electron chi connectivity index (χ2n) is 3.69. The Balaban J connectivity index is 1.67. The zero-order valence-electron chi connectivity index (χ0n) is 8.45. The fourth-order valence-corrected chi connectivity index (χ4v) is 2.45. The molecule has 78 valence electrons. The molecule has 14 heavy (non-hydrogen) atoms. The molecule has 1 N–H and O–H groups in total. The van der Waals surface area contributed by atoms with Gasteiger partial charge in [0.2, 0.25) is 0 Å². The third-order valence-electron chi connectivity index (χ3n) is 2.47. The second-order valence-corrected chi connectivity index (χ2v) is 5.01. The van der Waals surface area contributed by atoms with Crippen LogP contribution in [-0.2, 0) is 11.4 Å². The van der Waals surface area contributed by atoms with Gasteiger partial charge in [-0.1, -0.05) is 12.8 Å². The lowest BCUT2D eigenvalue weighted by Crippen LogP contribution is -2.20. The minimum absolute atomic E-state index is 0.434. The number of rotatable bonds is 4. The molecule has 1 heterocycles. The van der Waals surface area contributed by atoms with Crippen LogP contribution in [-0.4, -0.2) is 11.1 Å². The third kappa shape index (κ3) is 2.77. The largest absolute Gasteiger partial charge is 0.298 e. The summed E-state index contributed by atoms with van der Waals surface area (Å²) in [6, 6.07) is 0. The first-order valence-electron chi connectivity index (χ1n) is 5.14. The standard InChI is InChI=1S/C10H16N2OS/c1-8-11-6-10(14-8)7-12-13-9-4-2-3-5-9/h6,9,12H,2-5,7H2,1H3. The molecule has 0 amide bonds. The molecule has 1 aliphatic carbocycles. The first-order valence-corrected chi connectivity index (χ1v) is 5.96. The van der Waals surface area contributed by atoms with Crippen LogP contribution in [0.3, 0.4) is 0 Å². The van der Waals surface area contributed by atoms with Gasteiger partial charge in [-0.05, 0) is 19.8 Å². The minimum atomic E-state index is 0.434. The van der Waals surface area contributed by atoms with E-state index in [4.69, 9.17) is 4.84 Å². The van der Waals surface area contributed by atoms with Gasteiger partial charge in [-0.3, -0.25) is 4.84 Å². The van der Waals surface area contributed by atoms with Crippen LogP contribution in [0.5, 0.6) is 0 Å². The molecule has 4 heteroatoms. The summed E-state index contributed by atoms with van der Waals surface area (Å²) in [6.45, 7) is 2.80. The summed E-state index contributed by atoms with van der Waals surface area (Å²) in [5, 5.41) is 1.11. The molecule has 0 spiro atoms. The smallest absolute Gasteiger partial charge is 0.0897 e. The summed E-state index contributed by atoms with van der Waals surface area (Å²) in [7, 11) is 0. The van der Waals surface area contributed by atoms with Crippen LogP contribution in [0, 0.1) is 6.92 Å². The summed E-state index contributed by atoms with van der Waals surface area (Å²) >= 11 is 1.72. The van der Waals surface area contributed by atoms with Crippen LogP contribution >= 0.6 is 11.3 Å². The number of hydroxylamine groups is 1. The SMILES string of the molecule is Cc1ncc(CNOC2CCCC2)s1. The topological polar surface area (TPSA) is 34.2 Å². The Labute approximate surface area is 88.5 Å². The number of nitrogens with one attached hydrogen (secondary N) is 1.